The van der Waals surface area contributed by atoms with Gasteiger partial charge in [-0.2, -0.15) is 0 Å². The van der Waals surface area contributed by atoms with Gasteiger partial charge < -0.3 is 24.0 Å². The van der Waals surface area contributed by atoms with Gasteiger partial charge >= 0.3 is 6.09 Å². The molecule has 0 aromatic heterocycles. The lowest BCUT2D eigenvalue weighted by molar-refractivity contribution is 0.149. The van der Waals surface area contributed by atoms with Crippen molar-refractivity contribution in [3.8, 4) is 17.2 Å². The molecule has 2 aromatic carbocycles. The van der Waals surface area contributed by atoms with Gasteiger partial charge in [-0.15, -0.1) is 0 Å². The van der Waals surface area contributed by atoms with Crippen LogP contribution < -0.4 is 19.1 Å². The summed E-state index contributed by atoms with van der Waals surface area (Å²) in [5, 5.41) is 0. The number of amides is 1. The summed E-state index contributed by atoms with van der Waals surface area (Å²) in [5.41, 5.74) is 1.08. The lowest BCUT2D eigenvalue weighted by Crippen LogP contribution is -2.49. The van der Waals surface area contributed by atoms with Crippen LogP contribution in [0.1, 0.15) is 0 Å². The quantitative estimate of drug-likeness (QED) is 0.841. The zero-order valence-corrected chi connectivity index (χ0v) is 13.9. The Hall–Kier alpha value is -2.89. The van der Waals surface area contributed by atoms with Gasteiger partial charge in [-0.25, -0.2) is 4.79 Å². The van der Waals surface area contributed by atoms with Crippen LogP contribution in [-0.2, 0) is 0 Å². The number of rotatable bonds is 2. The summed E-state index contributed by atoms with van der Waals surface area (Å²) in [6, 6.07) is 15.1. The van der Waals surface area contributed by atoms with E-state index in [-0.39, 0.29) is 6.09 Å². The maximum absolute atomic E-state index is 12.3. The summed E-state index contributed by atoms with van der Waals surface area (Å²) in [6.07, 6.45) is -0.298. The highest BCUT2D eigenvalue weighted by atomic mass is 16.6. The molecule has 1 fully saturated rings. The third kappa shape index (κ3) is 3.47. The van der Waals surface area contributed by atoms with Gasteiger partial charge in [0.1, 0.15) is 19.0 Å². The van der Waals surface area contributed by atoms with Crippen molar-refractivity contribution in [2.45, 2.75) is 0 Å². The minimum Gasteiger partial charge on any atom is -0.486 e. The van der Waals surface area contributed by atoms with Crippen molar-refractivity contribution in [3.63, 3.8) is 0 Å². The van der Waals surface area contributed by atoms with Crippen molar-refractivity contribution < 1.29 is 19.0 Å². The van der Waals surface area contributed by atoms with Crippen molar-refractivity contribution in [2.24, 2.45) is 0 Å². The molecule has 2 aliphatic rings. The first-order valence-corrected chi connectivity index (χ1v) is 8.46. The lowest BCUT2D eigenvalue weighted by atomic mass is 10.2. The van der Waals surface area contributed by atoms with Crippen LogP contribution in [0.15, 0.2) is 48.5 Å². The molecule has 2 aliphatic heterocycles. The predicted octanol–water partition coefficient (Wildman–Crippen LogP) is 2.78. The molecule has 1 amide bonds. The molecule has 0 bridgehead atoms. The normalized spacial score (nSPS) is 16.5. The van der Waals surface area contributed by atoms with E-state index in [1.165, 1.54) is 0 Å². The van der Waals surface area contributed by atoms with Crippen molar-refractivity contribution in [3.05, 3.63) is 48.5 Å². The topological polar surface area (TPSA) is 51.2 Å². The van der Waals surface area contributed by atoms with Crippen LogP contribution in [0.2, 0.25) is 0 Å². The summed E-state index contributed by atoms with van der Waals surface area (Å²) in [5.74, 6) is 2.15. The van der Waals surface area contributed by atoms with Crippen molar-refractivity contribution in [1.82, 2.24) is 4.90 Å². The number of piperazine rings is 1. The molecule has 0 aliphatic carbocycles. The summed E-state index contributed by atoms with van der Waals surface area (Å²) >= 11 is 0. The van der Waals surface area contributed by atoms with E-state index in [1.807, 2.05) is 36.4 Å². The van der Waals surface area contributed by atoms with Crippen LogP contribution in [0.5, 0.6) is 17.2 Å². The van der Waals surface area contributed by atoms with E-state index in [0.717, 1.165) is 30.3 Å². The second-order valence-electron chi connectivity index (χ2n) is 5.98. The van der Waals surface area contributed by atoms with Crippen LogP contribution in [-0.4, -0.2) is 50.4 Å². The fraction of sp³-hybridized carbons (Fsp3) is 0.316. The Morgan fingerprint density at radius 2 is 1.60 bits per heavy atom. The van der Waals surface area contributed by atoms with E-state index in [4.69, 9.17) is 14.2 Å². The highest BCUT2D eigenvalue weighted by molar-refractivity contribution is 5.71. The number of hydrogen-bond acceptors (Lipinski definition) is 5. The zero-order valence-electron chi connectivity index (χ0n) is 13.9. The van der Waals surface area contributed by atoms with Gasteiger partial charge in [-0.05, 0) is 24.3 Å². The average Bonchev–Trinajstić information content (AvgIpc) is 2.68. The van der Waals surface area contributed by atoms with Gasteiger partial charge in [0.15, 0.2) is 11.5 Å². The monoisotopic (exact) mass is 340 g/mol. The Kier molecular flexibility index (Phi) is 4.33. The first-order valence-electron chi connectivity index (χ1n) is 8.46. The second kappa shape index (κ2) is 6.93. The maximum Gasteiger partial charge on any atom is 0.415 e. The molecule has 6 nitrogen and oxygen atoms in total. The van der Waals surface area contributed by atoms with Crippen molar-refractivity contribution in [1.29, 1.82) is 0 Å². The summed E-state index contributed by atoms with van der Waals surface area (Å²) < 4.78 is 16.6. The van der Waals surface area contributed by atoms with E-state index in [2.05, 4.69) is 4.90 Å². The molecule has 0 unspecified atom stereocenters. The number of fused-ring (bicyclic) bond motifs is 1. The lowest BCUT2D eigenvalue weighted by Gasteiger charge is -2.35. The number of carbonyl (C=O) groups excluding carboxylic acids is 1. The van der Waals surface area contributed by atoms with Gasteiger partial charge in [0.2, 0.25) is 0 Å². The van der Waals surface area contributed by atoms with E-state index >= 15 is 0 Å². The Bertz CT molecular complexity index is 742. The third-order valence-electron chi connectivity index (χ3n) is 4.38. The summed E-state index contributed by atoms with van der Waals surface area (Å²) in [4.78, 5) is 16.2. The number of benzene rings is 2. The largest absolute Gasteiger partial charge is 0.486 e. The first-order chi connectivity index (χ1) is 12.3. The molecule has 130 valence electrons. The molecule has 0 saturated carbocycles. The molecule has 0 atom stereocenters. The third-order valence-corrected chi connectivity index (χ3v) is 4.38. The van der Waals surface area contributed by atoms with Gasteiger partial charge in [-0.1, -0.05) is 18.2 Å². The molecule has 0 radical (unpaired) electrons. The smallest absolute Gasteiger partial charge is 0.415 e. The standard InChI is InChI=1S/C19H20N2O4/c22-19(25-16-4-2-1-3-5-16)21-10-8-20(9-11-21)15-6-7-17-18(14-15)24-13-12-23-17/h1-7,14H,8-13H2. The Balaban J connectivity index is 1.36. The first kappa shape index (κ1) is 15.6. The predicted molar refractivity (Wildman–Crippen MR) is 93.7 cm³/mol. The Morgan fingerprint density at radius 3 is 2.36 bits per heavy atom. The fourth-order valence-corrected chi connectivity index (χ4v) is 3.03. The highest BCUT2D eigenvalue weighted by Gasteiger charge is 2.24. The minimum absolute atomic E-state index is 0.298. The van der Waals surface area contributed by atoms with Gasteiger partial charge in [0.05, 0.1) is 0 Å². The molecule has 2 aromatic rings. The van der Waals surface area contributed by atoms with Crippen LogP contribution in [0.3, 0.4) is 0 Å². The zero-order chi connectivity index (χ0) is 17.1. The van der Waals surface area contributed by atoms with Crippen molar-refractivity contribution in [2.75, 3.05) is 44.3 Å². The number of ether oxygens (including phenoxy) is 3. The van der Waals surface area contributed by atoms with E-state index in [1.54, 1.807) is 17.0 Å². The highest BCUT2D eigenvalue weighted by Crippen LogP contribution is 2.34. The second-order valence-corrected chi connectivity index (χ2v) is 5.98. The number of anilines is 1. The number of carbonyl (C=O) groups is 1. The molecule has 2 heterocycles. The average molecular weight is 340 g/mol. The van der Waals surface area contributed by atoms with E-state index < -0.39 is 0 Å². The Labute approximate surface area is 146 Å². The molecule has 25 heavy (non-hydrogen) atoms. The number of hydrogen-bond donors (Lipinski definition) is 0. The fourth-order valence-electron chi connectivity index (χ4n) is 3.03. The summed E-state index contributed by atoms with van der Waals surface area (Å²) in [6.45, 7) is 3.93. The van der Waals surface area contributed by atoms with E-state index in [0.29, 0.717) is 32.1 Å². The van der Waals surface area contributed by atoms with Crippen LogP contribution in [0.25, 0.3) is 0 Å². The molecular weight excluding hydrogens is 320 g/mol. The van der Waals surface area contributed by atoms with Gasteiger partial charge in [-0.3, -0.25) is 0 Å². The van der Waals surface area contributed by atoms with Crippen LogP contribution in [0, 0.1) is 0 Å². The van der Waals surface area contributed by atoms with E-state index in [9.17, 15) is 4.79 Å². The van der Waals surface area contributed by atoms with Crippen molar-refractivity contribution >= 4 is 11.8 Å². The molecule has 0 spiro atoms. The molecular formula is C19H20N2O4. The van der Waals surface area contributed by atoms with Crippen LogP contribution in [0.4, 0.5) is 10.5 Å². The maximum atomic E-state index is 12.3. The Morgan fingerprint density at radius 1 is 0.880 bits per heavy atom. The molecule has 6 heteroatoms. The molecule has 0 N–H and O–H groups in total. The number of nitrogens with zero attached hydrogens (tertiary/aromatic N) is 2. The van der Waals surface area contributed by atoms with Crippen LogP contribution >= 0.6 is 0 Å². The number of para-hydroxylation sites is 1. The van der Waals surface area contributed by atoms with Gasteiger partial charge in [0, 0.05) is 37.9 Å². The van der Waals surface area contributed by atoms with Gasteiger partial charge in [0.25, 0.3) is 0 Å². The molecule has 1 saturated heterocycles. The molecule has 4 rings (SSSR count). The minimum atomic E-state index is -0.298. The SMILES string of the molecule is O=C(Oc1ccccc1)N1CCN(c2ccc3c(c2)OCCO3)CC1. The summed E-state index contributed by atoms with van der Waals surface area (Å²) in [7, 11) is 0.